The highest BCUT2D eigenvalue weighted by molar-refractivity contribution is 7.18. The van der Waals surface area contributed by atoms with Gasteiger partial charge in [-0.1, -0.05) is 12.1 Å². The third-order valence-electron chi connectivity index (χ3n) is 6.13. The van der Waals surface area contributed by atoms with Gasteiger partial charge in [0.1, 0.15) is 4.83 Å². The standard InChI is InChI=1S/C23H25F3N4O2S/c1-15-16(2)33-21-20(15)22(32)30(14-27-21)8-7-19(31)29-11-9-28(10-12-29)13-17-3-5-18(6-4-17)23(24,25)26/h3-6,14H,7-13H2,1-2H3. The van der Waals surface area contributed by atoms with E-state index in [0.717, 1.165) is 33.0 Å². The van der Waals surface area contributed by atoms with Crippen molar-refractivity contribution in [1.82, 2.24) is 19.4 Å². The molecule has 1 saturated heterocycles. The zero-order valence-electron chi connectivity index (χ0n) is 18.5. The van der Waals surface area contributed by atoms with Crippen LogP contribution < -0.4 is 5.56 Å². The molecule has 0 saturated carbocycles. The number of hydrogen-bond acceptors (Lipinski definition) is 5. The number of carbonyl (C=O) groups is 1. The molecule has 10 heteroatoms. The minimum absolute atomic E-state index is 0.0191. The number of carbonyl (C=O) groups excluding carboxylic acids is 1. The predicted octanol–water partition coefficient (Wildman–Crippen LogP) is 3.83. The molecule has 3 heterocycles. The van der Waals surface area contributed by atoms with Crippen LogP contribution in [0.3, 0.4) is 0 Å². The highest BCUT2D eigenvalue weighted by Crippen LogP contribution is 2.29. The third kappa shape index (κ3) is 5.11. The van der Waals surface area contributed by atoms with Crippen molar-refractivity contribution >= 4 is 27.5 Å². The maximum Gasteiger partial charge on any atom is 0.416 e. The maximum absolute atomic E-state index is 12.8. The fourth-order valence-electron chi connectivity index (χ4n) is 4.02. The summed E-state index contributed by atoms with van der Waals surface area (Å²) in [6, 6.07) is 5.20. The van der Waals surface area contributed by atoms with Crippen LogP contribution in [0.15, 0.2) is 35.4 Å². The second-order valence-corrected chi connectivity index (χ2v) is 9.51. The zero-order valence-corrected chi connectivity index (χ0v) is 19.3. The van der Waals surface area contributed by atoms with E-state index < -0.39 is 11.7 Å². The summed E-state index contributed by atoms with van der Waals surface area (Å²) in [4.78, 5) is 35.5. The van der Waals surface area contributed by atoms with Gasteiger partial charge in [-0.05, 0) is 37.1 Å². The Kier molecular flexibility index (Phi) is 6.58. The molecule has 2 aromatic heterocycles. The van der Waals surface area contributed by atoms with E-state index in [0.29, 0.717) is 38.1 Å². The third-order valence-corrected chi connectivity index (χ3v) is 7.25. The number of aromatic nitrogens is 2. The number of rotatable bonds is 5. The minimum Gasteiger partial charge on any atom is -0.340 e. The molecular weight excluding hydrogens is 453 g/mol. The van der Waals surface area contributed by atoms with E-state index in [4.69, 9.17) is 0 Å². The first-order valence-electron chi connectivity index (χ1n) is 10.7. The lowest BCUT2D eigenvalue weighted by Gasteiger charge is -2.35. The normalized spacial score (nSPS) is 15.4. The Balaban J connectivity index is 1.29. The molecule has 176 valence electrons. The molecule has 0 N–H and O–H groups in total. The number of nitrogens with zero attached hydrogens (tertiary/aromatic N) is 4. The number of alkyl halides is 3. The molecule has 1 fully saturated rings. The van der Waals surface area contributed by atoms with E-state index in [1.54, 1.807) is 4.90 Å². The Morgan fingerprint density at radius 1 is 1.09 bits per heavy atom. The zero-order chi connectivity index (χ0) is 23.8. The molecule has 0 atom stereocenters. The fourth-order valence-corrected chi connectivity index (χ4v) is 5.00. The smallest absolute Gasteiger partial charge is 0.340 e. The Morgan fingerprint density at radius 3 is 2.39 bits per heavy atom. The van der Waals surface area contributed by atoms with Crippen molar-refractivity contribution in [1.29, 1.82) is 0 Å². The summed E-state index contributed by atoms with van der Waals surface area (Å²) in [6.07, 6.45) is -2.61. The van der Waals surface area contributed by atoms with Crippen LogP contribution in [0, 0.1) is 13.8 Å². The van der Waals surface area contributed by atoms with Gasteiger partial charge in [0, 0.05) is 50.6 Å². The van der Waals surface area contributed by atoms with E-state index in [1.807, 2.05) is 13.8 Å². The Bertz CT molecular complexity index is 1210. The van der Waals surface area contributed by atoms with Gasteiger partial charge in [0.15, 0.2) is 0 Å². The van der Waals surface area contributed by atoms with Gasteiger partial charge in [0.2, 0.25) is 5.91 Å². The van der Waals surface area contributed by atoms with Crippen molar-refractivity contribution in [2.75, 3.05) is 26.2 Å². The van der Waals surface area contributed by atoms with Crippen LogP contribution in [-0.4, -0.2) is 51.4 Å². The highest BCUT2D eigenvalue weighted by atomic mass is 32.1. The number of benzene rings is 1. The monoisotopic (exact) mass is 478 g/mol. The van der Waals surface area contributed by atoms with Crippen LogP contribution >= 0.6 is 11.3 Å². The summed E-state index contributed by atoms with van der Waals surface area (Å²) in [5, 5.41) is 0.629. The van der Waals surface area contributed by atoms with E-state index >= 15 is 0 Å². The molecule has 0 unspecified atom stereocenters. The van der Waals surface area contributed by atoms with Gasteiger partial charge < -0.3 is 4.90 Å². The molecule has 1 aliphatic heterocycles. The average Bonchev–Trinajstić information content (AvgIpc) is 3.07. The Hall–Kier alpha value is -2.72. The predicted molar refractivity (Wildman–Crippen MR) is 121 cm³/mol. The SMILES string of the molecule is Cc1sc2ncn(CCC(=O)N3CCN(Cc4ccc(C(F)(F)F)cc4)CC3)c(=O)c2c1C. The molecular formula is C23H25F3N4O2S. The summed E-state index contributed by atoms with van der Waals surface area (Å²) in [5.74, 6) is -0.0191. The first-order valence-corrected chi connectivity index (χ1v) is 11.6. The molecule has 0 bridgehead atoms. The molecule has 0 radical (unpaired) electrons. The lowest BCUT2D eigenvalue weighted by molar-refractivity contribution is -0.137. The van der Waals surface area contributed by atoms with Crippen LogP contribution in [0.1, 0.15) is 28.0 Å². The molecule has 0 spiro atoms. The van der Waals surface area contributed by atoms with E-state index in [9.17, 15) is 22.8 Å². The summed E-state index contributed by atoms with van der Waals surface area (Å²) >= 11 is 1.50. The molecule has 3 aromatic rings. The Labute approximate surface area is 193 Å². The molecule has 0 aliphatic carbocycles. The van der Waals surface area contributed by atoms with Gasteiger partial charge in [-0.15, -0.1) is 11.3 Å². The van der Waals surface area contributed by atoms with Crippen LogP contribution in [-0.2, 0) is 24.1 Å². The lowest BCUT2D eigenvalue weighted by atomic mass is 10.1. The number of hydrogen-bond donors (Lipinski definition) is 0. The molecule has 4 rings (SSSR count). The second kappa shape index (κ2) is 9.26. The molecule has 1 aliphatic rings. The largest absolute Gasteiger partial charge is 0.416 e. The molecule has 33 heavy (non-hydrogen) atoms. The first kappa shape index (κ1) is 23.4. The fraction of sp³-hybridized carbons (Fsp3) is 0.435. The van der Waals surface area contributed by atoms with Crippen molar-refractivity contribution in [3.8, 4) is 0 Å². The van der Waals surface area contributed by atoms with Gasteiger partial charge >= 0.3 is 6.18 Å². The molecule has 1 aromatic carbocycles. The van der Waals surface area contributed by atoms with E-state index in [-0.39, 0.29) is 24.4 Å². The topological polar surface area (TPSA) is 58.4 Å². The number of piperazine rings is 1. The van der Waals surface area contributed by atoms with E-state index in [2.05, 4.69) is 9.88 Å². The molecule has 6 nitrogen and oxygen atoms in total. The number of aryl methyl sites for hydroxylation is 3. The van der Waals surface area contributed by atoms with Crippen LogP contribution in [0.5, 0.6) is 0 Å². The number of thiophene rings is 1. The number of halogens is 3. The number of fused-ring (bicyclic) bond motifs is 1. The van der Waals surface area contributed by atoms with Gasteiger partial charge in [-0.2, -0.15) is 13.2 Å². The summed E-state index contributed by atoms with van der Waals surface area (Å²) in [7, 11) is 0. The van der Waals surface area contributed by atoms with Crippen molar-refractivity contribution < 1.29 is 18.0 Å². The number of amides is 1. The highest BCUT2D eigenvalue weighted by Gasteiger charge is 2.30. The van der Waals surface area contributed by atoms with E-state index in [1.165, 1.54) is 34.4 Å². The summed E-state index contributed by atoms with van der Waals surface area (Å²) in [5.41, 5.74) is 0.983. The van der Waals surface area contributed by atoms with Gasteiger partial charge in [0.25, 0.3) is 5.56 Å². The maximum atomic E-state index is 12.8. The van der Waals surface area contributed by atoms with Crippen LogP contribution in [0.4, 0.5) is 13.2 Å². The first-order chi connectivity index (χ1) is 15.6. The van der Waals surface area contributed by atoms with Gasteiger partial charge in [-0.3, -0.25) is 19.1 Å². The molecule has 1 amide bonds. The van der Waals surface area contributed by atoms with Gasteiger partial charge in [-0.25, -0.2) is 4.98 Å². The summed E-state index contributed by atoms with van der Waals surface area (Å²) < 4.78 is 39.6. The quantitative estimate of drug-likeness (QED) is 0.559. The van der Waals surface area contributed by atoms with Crippen molar-refractivity contribution in [2.45, 2.75) is 39.5 Å². The van der Waals surface area contributed by atoms with Crippen molar-refractivity contribution in [2.24, 2.45) is 0 Å². The average molecular weight is 479 g/mol. The van der Waals surface area contributed by atoms with Crippen molar-refractivity contribution in [3.63, 3.8) is 0 Å². The minimum atomic E-state index is -4.33. The lowest BCUT2D eigenvalue weighted by Crippen LogP contribution is -2.48. The Morgan fingerprint density at radius 2 is 1.76 bits per heavy atom. The second-order valence-electron chi connectivity index (χ2n) is 8.31. The van der Waals surface area contributed by atoms with Crippen molar-refractivity contribution in [3.05, 3.63) is 62.5 Å². The van der Waals surface area contributed by atoms with Crippen LogP contribution in [0.2, 0.25) is 0 Å². The van der Waals surface area contributed by atoms with Crippen LogP contribution in [0.25, 0.3) is 10.2 Å². The summed E-state index contributed by atoms with van der Waals surface area (Å²) in [6.45, 7) is 7.09. The van der Waals surface area contributed by atoms with Gasteiger partial charge in [0.05, 0.1) is 17.3 Å².